The van der Waals surface area contributed by atoms with Crippen LogP contribution in [0.2, 0.25) is 0 Å². The number of quaternary nitrogens is 1. The minimum atomic E-state index is 0.468. The Morgan fingerprint density at radius 1 is 1.36 bits per heavy atom. The summed E-state index contributed by atoms with van der Waals surface area (Å²) in [6.45, 7) is 8.73. The SMILES string of the molecule is CC[N+](C)(CC)C(C)CC#N. The second-order valence-corrected chi connectivity index (χ2v) is 3.32. The fourth-order valence-corrected chi connectivity index (χ4v) is 1.20. The lowest BCUT2D eigenvalue weighted by Crippen LogP contribution is -2.50. The van der Waals surface area contributed by atoms with E-state index in [1.54, 1.807) is 0 Å². The Labute approximate surface area is 70.0 Å². The van der Waals surface area contributed by atoms with Gasteiger partial charge in [-0.15, -0.1) is 0 Å². The molecule has 0 spiro atoms. The Bertz CT molecular complexity index is 142. The average Bonchev–Trinajstić information content (AvgIpc) is 2.03. The Morgan fingerprint density at radius 2 is 1.82 bits per heavy atom. The first-order valence-electron chi connectivity index (χ1n) is 4.31. The van der Waals surface area contributed by atoms with Gasteiger partial charge in [0.25, 0.3) is 0 Å². The molecule has 0 aromatic heterocycles. The lowest BCUT2D eigenvalue weighted by molar-refractivity contribution is -0.927. The molecule has 0 heterocycles. The normalized spacial score (nSPS) is 14.1. The highest BCUT2D eigenvalue weighted by atomic mass is 15.3. The van der Waals surface area contributed by atoms with Gasteiger partial charge >= 0.3 is 0 Å². The first kappa shape index (κ1) is 10.4. The first-order chi connectivity index (χ1) is 5.10. The lowest BCUT2D eigenvalue weighted by Gasteiger charge is -2.37. The molecule has 0 aliphatic carbocycles. The Hall–Kier alpha value is -0.550. The summed E-state index contributed by atoms with van der Waals surface area (Å²) in [5.41, 5.74) is 0. The van der Waals surface area contributed by atoms with Crippen molar-refractivity contribution in [3.05, 3.63) is 0 Å². The van der Waals surface area contributed by atoms with Gasteiger partial charge in [-0.3, -0.25) is 0 Å². The minimum absolute atomic E-state index is 0.468. The van der Waals surface area contributed by atoms with E-state index in [-0.39, 0.29) is 0 Å². The number of hydrogen-bond acceptors (Lipinski definition) is 1. The number of nitrogens with zero attached hydrogens (tertiary/aromatic N) is 2. The quantitative estimate of drug-likeness (QED) is 0.568. The predicted molar refractivity (Wildman–Crippen MR) is 47.0 cm³/mol. The second-order valence-electron chi connectivity index (χ2n) is 3.32. The molecule has 0 aliphatic heterocycles. The molecule has 0 amide bonds. The van der Waals surface area contributed by atoms with Crippen LogP contribution in [-0.2, 0) is 0 Å². The molecule has 1 atom stereocenters. The van der Waals surface area contributed by atoms with Crippen molar-refractivity contribution in [3.8, 4) is 6.07 Å². The van der Waals surface area contributed by atoms with E-state index in [0.29, 0.717) is 12.5 Å². The summed E-state index contributed by atoms with van der Waals surface area (Å²) in [5.74, 6) is 0. The van der Waals surface area contributed by atoms with Gasteiger partial charge in [0.1, 0.15) is 0 Å². The molecule has 0 fully saturated rings. The zero-order valence-electron chi connectivity index (χ0n) is 8.09. The highest BCUT2D eigenvalue weighted by Gasteiger charge is 2.24. The molecule has 0 rings (SSSR count). The van der Waals surface area contributed by atoms with E-state index in [0.717, 1.165) is 17.6 Å². The number of nitriles is 1. The van der Waals surface area contributed by atoms with Gasteiger partial charge in [0.2, 0.25) is 0 Å². The molecule has 11 heavy (non-hydrogen) atoms. The molecule has 0 aromatic carbocycles. The summed E-state index contributed by atoms with van der Waals surface area (Å²) in [7, 11) is 2.21. The van der Waals surface area contributed by atoms with Crippen LogP contribution < -0.4 is 0 Å². The van der Waals surface area contributed by atoms with Gasteiger partial charge in [0.15, 0.2) is 0 Å². The maximum Gasteiger partial charge on any atom is 0.0991 e. The fraction of sp³-hybridized carbons (Fsp3) is 0.889. The summed E-state index contributed by atoms with van der Waals surface area (Å²) < 4.78 is 1.01. The molecule has 0 aliphatic rings. The summed E-state index contributed by atoms with van der Waals surface area (Å²) in [5, 5.41) is 8.53. The molecule has 0 saturated heterocycles. The third-order valence-corrected chi connectivity index (χ3v) is 2.90. The summed E-state index contributed by atoms with van der Waals surface area (Å²) in [4.78, 5) is 0. The van der Waals surface area contributed by atoms with Crippen molar-refractivity contribution >= 4 is 0 Å². The molecule has 0 aromatic rings. The van der Waals surface area contributed by atoms with Crippen molar-refractivity contribution in [2.24, 2.45) is 0 Å². The van der Waals surface area contributed by atoms with Gasteiger partial charge in [0.05, 0.1) is 38.7 Å². The Balaban J connectivity index is 4.14. The third-order valence-electron chi connectivity index (χ3n) is 2.90. The van der Waals surface area contributed by atoms with Crippen LogP contribution in [0.25, 0.3) is 0 Å². The summed E-state index contributed by atoms with van der Waals surface area (Å²) in [6.07, 6.45) is 0.665. The van der Waals surface area contributed by atoms with Gasteiger partial charge < -0.3 is 4.48 Å². The molecule has 64 valence electrons. The average molecular weight is 155 g/mol. The highest BCUT2D eigenvalue weighted by molar-refractivity contribution is 4.73. The van der Waals surface area contributed by atoms with Crippen molar-refractivity contribution < 1.29 is 4.48 Å². The standard InChI is InChI=1S/C9H19N2/c1-5-11(4,6-2)9(3)7-8-10/h9H,5-7H2,1-4H3/q+1. The monoisotopic (exact) mass is 155 g/mol. The lowest BCUT2D eigenvalue weighted by atomic mass is 10.2. The van der Waals surface area contributed by atoms with E-state index >= 15 is 0 Å². The number of hydrogen-bond donors (Lipinski definition) is 0. The zero-order chi connectivity index (χ0) is 8.91. The Kier molecular flexibility index (Phi) is 4.14. The topological polar surface area (TPSA) is 23.8 Å². The van der Waals surface area contributed by atoms with Crippen LogP contribution in [0, 0.1) is 11.3 Å². The van der Waals surface area contributed by atoms with E-state index in [4.69, 9.17) is 5.26 Å². The summed E-state index contributed by atoms with van der Waals surface area (Å²) in [6, 6.07) is 2.69. The van der Waals surface area contributed by atoms with Crippen molar-refractivity contribution in [1.29, 1.82) is 5.26 Å². The zero-order valence-corrected chi connectivity index (χ0v) is 8.09. The van der Waals surface area contributed by atoms with Crippen LogP contribution in [0.15, 0.2) is 0 Å². The molecule has 0 saturated carbocycles. The maximum atomic E-state index is 8.53. The fourth-order valence-electron chi connectivity index (χ4n) is 1.20. The van der Waals surface area contributed by atoms with E-state index in [2.05, 4.69) is 33.9 Å². The van der Waals surface area contributed by atoms with Gasteiger partial charge in [-0.1, -0.05) is 0 Å². The van der Waals surface area contributed by atoms with Crippen LogP contribution >= 0.6 is 0 Å². The molecule has 0 bridgehead atoms. The smallest absolute Gasteiger partial charge is 0.0991 e. The molecular formula is C9H19N2+. The third kappa shape index (κ3) is 2.51. The Morgan fingerprint density at radius 3 is 2.09 bits per heavy atom. The van der Waals surface area contributed by atoms with Crippen molar-refractivity contribution in [1.82, 2.24) is 0 Å². The largest absolute Gasteiger partial charge is 0.323 e. The van der Waals surface area contributed by atoms with Crippen molar-refractivity contribution in [3.63, 3.8) is 0 Å². The van der Waals surface area contributed by atoms with Crippen molar-refractivity contribution in [2.45, 2.75) is 33.2 Å². The first-order valence-corrected chi connectivity index (χ1v) is 4.31. The molecular weight excluding hydrogens is 136 g/mol. The molecule has 2 nitrogen and oxygen atoms in total. The van der Waals surface area contributed by atoms with Crippen LogP contribution in [0.3, 0.4) is 0 Å². The van der Waals surface area contributed by atoms with Gasteiger partial charge in [-0.05, 0) is 20.8 Å². The molecule has 2 heteroatoms. The molecule has 0 radical (unpaired) electrons. The van der Waals surface area contributed by atoms with E-state index in [1.165, 1.54) is 0 Å². The van der Waals surface area contributed by atoms with Crippen LogP contribution in [0.5, 0.6) is 0 Å². The predicted octanol–water partition coefficient (Wildman–Crippen LogP) is 1.77. The molecule has 0 N–H and O–H groups in total. The number of rotatable bonds is 4. The van der Waals surface area contributed by atoms with Crippen LogP contribution in [0.1, 0.15) is 27.2 Å². The summed E-state index contributed by atoms with van der Waals surface area (Å²) >= 11 is 0. The van der Waals surface area contributed by atoms with Gasteiger partial charge in [-0.25, -0.2) is 0 Å². The molecule has 1 unspecified atom stereocenters. The maximum absolute atomic E-state index is 8.53. The minimum Gasteiger partial charge on any atom is -0.323 e. The highest BCUT2D eigenvalue weighted by Crippen LogP contribution is 2.11. The van der Waals surface area contributed by atoms with E-state index < -0.39 is 0 Å². The van der Waals surface area contributed by atoms with E-state index in [9.17, 15) is 0 Å². The van der Waals surface area contributed by atoms with Gasteiger partial charge in [-0.2, -0.15) is 5.26 Å². The van der Waals surface area contributed by atoms with Crippen LogP contribution in [-0.4, -0.2) is 30.7 Å². The van der Waals surface area contributed by atoms with Crippen LogP contribution in [0.4, 0.5) is 0 Å². The van der Waals surface area contributed by atoms with Crippen molar-refractivity contribution in [2.75, 3.05) is 20.1 Å². The van der Waals surface area contributed by atoms with E-state index in [1.807, 2.05) is 0 Å². The second kappa shape index (κ2) is 4.35. The van der Waals surface area contributed by atoms with Gasteiger partial charge in [0, 0.05) is 0 Å².